The number of aryl methyl sites for hydroxylation is 1. The van der Waals surface area contributed by atoms with Gasteiger partial charge in [0, 0.05) is 17.7 Å². The summed E-state index contributed by atoms with van der Waals surface area (Å²) in [6.45, 7) is 4.28. The van der Waals surface area contributed by atoms with E-state index in [1.54, 1.807) is 0 Å². The summed E-state index contributed by atoms with van der Waals surface area (Å²) in [4.78, 5) is 4.58. The lowest BCUT2D eigenvalue weighted by molar-refractivity contribution is -0.0803. The summed E-state index contributed by atoms with van der Waals surface area (Å²) in [6.07, 6.45) is -0.509. The first kappa shape index (κ1) is 12.6. The number of nitriles is 1. The fraction of sp³-hybridized carbons (Fsp3) is 0.250. The molecule has 3 rings (SSSR count). The first-order chi connectivity index (χ1) is 9.74. The van der Waals surface area contributed by atoms with E-state index < -0.39 is 6.29 Å². The highest BCUT2D eigenvalue weighted by Gasteiger charge is 2.28. The van der Waals surface area contributed by atoms with Crippen LogP contribution in [0.25, 0.3) is 11.3 Å². The molecule has 0 saturated heterocycles. The summed E-state index contributed by atoms with van der Waals surface area (Å²) in [5.41, 5.74) is 3.86. The highest BCUT2D eigenvalue weighted by atomic mass is 16.7. The second-order valence-electron chi connectivity index (χ2n) is 4.57. The molecule has 0 saturated carbocycles. The lowest BCUT2D eigenvalue weighted by Gasteiger charge is -2.28. The van der Waals surface area contributed by atoms with Gasteiger partial charge in [-0.3, -0.25) is 4.98 Å². The number of fused-ring (bicyclic) bond motifs is 3. The Kier molecular flexibility index (Phi) is 3.13. The van der Waals surface area contributed by atoms with Crippen LogP contribution in [-0.4, -0.2) is 11.6 Å². The highest BCUT2D eigenvalue weighted by Crippen LogP contribution is 2.42. The Balaban J connectivity index is 2.23. The van der Waals surface area contributed by atoms with E-state index in [9.17, 15) is 0 Å². The molecule has 4 heteroatoms. The zero-order valence-corrected chi connectivity index (χ0v) is 11.4. The molecule has 0 fully saturated rings. The second-order valence-corrected chi connectivity index (χ2v) is 4.57. The van der Waals surface area contributed by atoms with Crippen molar-refractivity contribution in [1.82, 2.24) is 4.98 Å². The normalized spacial score (nSPS) is 15.8. The quantitative estimate of drug-likeness (QED) is 0.836. The van der Waals surface area contributed by atoms with Crippen molar-refractivity contribution in [3.05, 3.63) is 47.2 Å². The molecule has 4 nitrogen and oxygen atoms in total. The van der Waals surface area contributed by atoms with Crippen molar-refractivity contribution in [2.24, 2.45) is 0 Å². The number of hydrogen-bond donors (Lipinski definition) is 0. The van der Waals surface area contributed by atoms with Crippen LogP contribution in [0.1, 0.15) is 30.0 Å². The Morgan fingerprint density at radius 1 is 1.40 bits per heavy atom. The summed E-state index contributed by atoms with van der Waals surface area (Å²) in [5.74, 6) is 0.759. The third-order valence-corrected chi connectivity index (χ3v) is 3.31. The Morgan fingerprint density at radius 3 is 2.95 bits per heavy atom. The molecule has 0 N–H and O–H groups in total. The topological polar surface area (TPSA) is 55.1 Å². The third-order valence-electron chi connectivity index (χ3n) is 3.31. The number of ether oxygens (including phenoxy) is 2. The van der Waals surface area contributed by atoms with Crippen LogP contribution in [0.2, 0.25) is 0 Å². The van der Waals surface area contributed by atoms with Crippen molar-refractivity contribution < 1.29 is 9.47 Å². The van der Waals surface area contributed by atoms with E-state index in [4.69, 9.17) is 14.7 Å². The van der Waals surface area contributed by atoms with Crippen LogP contribution in [0.15, 0.2) is 30.3 Å². The van der Waals surface area contributed by atoms with E-state index in [2.05, 4.69) is 11.1 Å². The molecule has 2 heterocycles. The molecule has 0 amide bonds. The van der Waals surface area contributed by atoms with Crippen molar-refractivity contribution in [3.63, 3.8) is 0 Å². The van der Waals surface area contributed by atoms with E-state index in [0.717, 1.165) is 28.3 Å². The molecule has 0 spiro atoms. The van der Waals surface area contributed by atoms with E-state index >= 15 is 0 Å². The predicted octanol–water partition coefficient (Wildman–Crippen LogP) is 3.36. The molecule has 1 aliphatic heterocycles. The molecule has 1 aromatic heterocycles. The Labute approximate surface area is 117 Å². The maximum Gasteiger partial charge on any atom is 0.228 e. The highest BCUT2D eigenvalue weighted by molar-refractivity contribution is 5.73. The Bertz CT molecular complexity index is 704. The first-order valence-electron chi connectivity index (χ1n) is 6.54. The van der Waals surface area contributed by atoms with E-state index in [1.165, 1.54) is 0 Å². The van der Waals surface area contributed by atoms with E-state index in [1.807, 2.05) is 44.2 Å². The second kappa shape index (κ2) is 4.95. The van der Waals surface area contributed by atoms with Crippen LogP contribution >= 0.6 is 0 Å². The van der Waals surface area contributed by atoms with Crippen LogP contribution in [0.4, 0.5) is 0 Å². The van der Waals surface area contributed by atoms with Gasteiger partial charge in [-0.05, 0) is 32.0 Å². The van der Waals surface area contributed by atoms with Crippen LogP contribution < -0.4 is 4.74 Å². The van der Waals surface area contributed by atoms with Gasteiger partial charge in [-0.2, -0.15) is 5.26 Å². The van der Waals surface area contributed by atoms with Crippen molar-refractivity contribution in [3.8, 4) is 23.1 Å². The van der Waals surface area contributed by atoms with Crippen LogP contribution in [-0.2, 0) is 4.74 Å². The summed E-state index contributed by atoms with van der Waals surface area (Å²) in [6, 6.07) is 11.7. The number of para-hydroxylation sites is 1. The molecule has 0 radical (unpaired) electrons. The summed E-state index contributed by atoms with van der Waals surface area (Å²) in [5, 5.41) is 9.16. The zero-order valence-electron chi connectivity index (χ0n) is 11.4. The van der Waals surface area contributed by atoms with Crippen molar-refractivity contribution in [2.75, 3.05) is 6.61 Å². The molecular weight excluding hydrogens is 252 g/mol. The van der Waals surface area contributed by atoms with Gasteiger partial charge in [-0.15, -0.1) is 0 Å². The average Bonchev–Trinajstić information content (AvgIpc) is 2.47. The number of aromatic nitrogens is 1. The number of rotatable bonds is 2. The molecule has 1 unspecified atom stereocenters. The standard InChI is InChI=1S/C16H14N2O2/c1-3-19-16-13-8-11(9-17)10(2)18-15(13)12-6-4-5-7-14(12)20-16/h4-8,16H,3H2,1-2H3. The summed E-state index contributed by atoms with van der Waals surface area (Å²) >= 11 is 0. The van der Waals surface area contributed by atoms with Gasteiger partial charge in [0.15, 0.2) is 0 Å². The van der Waals surface area contributed by atoms with Crippen molar-refractivity contribution in [2.45, 2.75) is 20.1 Å². The number of pyridine rings is 1. The largest absolute Gasteiger partial charge is 0.460 e. The minimum absolute atomic E-state index is 0.509. The first-order valence-corrected chi connectivity index (χ1v) is 6.54. The molecule has 1 atom stereocenters. The maximum absolute atomic E-state index is 9.16. The van der Waals surface area contributed by atoms with Crippen molar-refractivity contribution in [1.29, 1.82) is 5.26 Å². The molecule has 20 heavy (non-hydrogen) atoms. The predicted molar refractivity (Wildman–Crippen MR) is 74.1 cm³/mol. The fourth-order valence-electron chi connectivity index (χ4n) is 2.35. The van der Waals surface area contributed by atoms with Gasteiger partial charge < -0.3 is 9.47 Å². The molecule has 1 aliphatic rings. The molecule has 2 aromatic rings. The van der Waals surface area contributed by atoms with Gasteiger partial charge in [0.2, 0.25) is 6.29 Å². The van der Waals surface area contributed by atoms with Gasteiger partial charge in [-0.1, -0.05) is 12.1 Å². The fourth-order valence-corrected chi connectivity index (χ4v) is 2.35. The smallest absolute Gasteiger partial charge is 0.228 e. The lowest BCUT2D eigenvalue weighted by atomic mass is 9.99. The number of nitrogens with zero attached hydrogens (tertiary/aromatic N) is 2. The van der Waals surface area contributed by atoms with Gasteiger partial charge >= 0.3 is 0 Å². The average molecular weight is 266 g/mol. The number of benzene rings is 1. The van der Waals surface area contributed by atoms with Crippen LogP contribution in [0.5, 0.6) is 5.75 Å². The molecule has 1 aromatic carbocycles. The molecule has 0 bridgehead atoms. The SMILES string of the molecule is CCOC1Oc2ccccc2-c2nc(C)c(C#N)cc21. The third kappa shape index (κ3) is 1.93. The minimum atomic E-state index is -0.509. The number of hydrogen-bond acceptors (Lipinski definition) is 4. The van der Waals surface area contributed by atoms with Crippen molar-refractivity contribution >= 4 is 0 Å². The van der Waals surface area contributed by atoms with E-state index in [0.29, 0.717) is 12.2 Å². The van der Waals surface area contributed by atoms with Gasteiger partial charge in [-0.25, -0.2) is 0 Å². The molecule has 100 valence electrons. The Hall–Kier alpha value is -2.38. The zero-order chi connectivity index (χ0) is 14.1. The van der Waals surface area contributed by atoms with Crippen LogP contribution in [0, 0.1) is 18.3 Å². The van der Waals surface area contributed by atoms with E-state index in [-0.39, 0.29) is 0 Å². The summed E-state index contributed by atoms with van der Waals surface area (Å²) in [7, 11) is 0. The summed E-state index contributed by atoms with van der Waals surface area (Å²) < 4.78 is 11.5. The Morgan fingerprint density at radius 2 is 2.20 bits per heavy atom. The molecular formula is C16H14N2O2. The minimum Gasteiger partial charge on any atom is -0.460 e. The lowest BCUT2D eigenvalue weighted by Crippen LogP contribution is -2.18. The van der Waals surface area contributed by atoms with Gasteiger partial charge in [0.1, 0.15) is 11.8 Å². The molecule has 0 aliphatic carbocycles. The maximum atomic E-state index is 9.16. The van der Waals surface area contributed by atoms with Gasteiger partial charge in [0.25, 0.3) is 0 Å². The van der Waals surface area contributed by atoms with Crippen LogP contribution in [0.3, 0.4) is 0 Å². The van der Waals surface area contributed by atoms with Gasteiger partial charge in [0.05, 0.1) is 17.0 Å². The monoisotopic (exact) mass is 266 g/mol.